The largest absolute Gasteiger partial charge is 0.381 e. The van der Waals surface area contributed by atoms with Gasteiger partial charge < -0.3 is 24.4 Å². The Kier molecular flexibility index (Phi) is 8.71. The summed E-state index contributed by atoms with van der Waals surface area (Å²) in [7, 11) is 3.87. The molecule has 2 fully saturated rings. The van der Waals surface area contributed by atoms with Gasteiger partial charge in [-0.1, -0.05) is 0 Å². The third kappa shape index (κ3) is 7.99. The first kappa shape index (κ1) is 18.5. The highest BCUT2D eigenvalue weighted by atomic mass is 16.5. The van der Waals surface area contributed by atoms with E-state index in [9.17, 15) is 0 Å². The zero-order valence-corrected chi connectivity index (χ0v) is 14.8. The topological polar surface area (TPSA) is 55.3 Å². The Bertz CT molecular complexity index is 342. The molecular weight excluding hydrogens is 294 g/mol. The minimum atomic E-state index is 0.595. The maximum absolute atomic E-state index is 5.71. The lowest BCUT2D eigenvalue weighted by molar-refractivity contribution is 0.0886. The minimum absolute atomic E-state index is 0.595. The van der Waals surface area contributed by atoms with Gasteiger partial charge in [-0.2, -0.15) is 0 Å². The Labute approximate surface area is 140 Å². The summed E-state index contributed by atoms with van der Waals surface area (Å²) in [5.74, 6) is 2.34. The van der Waals surface area contributed by atoms with Crippen molar-refractivity contribution in [3.05, 3.63) is 0 Å². The fourth-order valence-corrected chi connectivity index (χ4v) is 2.57. The lowest BCUT2D eigenvalue weighted by Crippen LogP contribution is -2.41. The van der Waals surface area contributed by atoms with Crippen molar-refractivity contribution in [3.63, 3.8) is 0 Å². The van der Waals surface area contributed by atoms with Crippen LogP contribution in [0.2, 0.25) is 0 Å². The zero-order chi connectivity index (χ0) is 16.3. The van der Waals surface area contributed by atoms with Crippen molar-refractivity contribution in [2.24, 2.45) is 16.8 Å². The number of guanidine groups is 1. The van der Waals surface area contributed by atoms with Crippen LogP contribution < -0.4 is 5.32 Å². The van der Waals surface area contributed by atoms with Gasteiger partial charge in [0.05, 0.1) is 19.8 Å². The number of aliphatic imine (C=N–C) groups is 1. The van der Waals surface area contributed by atoms with Gasteiger partial charge in [0.1, 0.15) is 0 Å². The van der Waals surface area contributed by atoms with Gasteiger partial charge in [-0.05, 0) is 31.6 Å². The molecule has 1 aliphatic carbocycles. The lowest BCUT2D eigenvalue weighted by Gasteiger charge is -2.22. The first-order chi connectivity index (χ1) is 11.3. The Morgan fingerprint density at radius 3 is 2.65 bits per heavy atom. The average molecular weight is 327 g/mol. The predicted molar refractivity (Wildman–Crippen MR) is 91.9 cm³/mol. The second-order valence-corrected chi connectivity index (χ2v) is 6.57. The molecule has 6 nitrogen and oxygen atoms in total. The van der Waals surface area contributed by atoms with Gasteiger partial charge in [0, 0.05) is 52.9 Å². The van der Waals surface area contributed by atoms with Crippen molar-refractivity contribution in [2.75, 3.05) is 66.8 Å². The summed E-state index contributed by atoms with van der Waals surface area (Å²) < 4.78 is 16.7. The molecule has 1 N–H and O–H groups in total. The first-order valence-electron chi connectivity index (χ1n) is 8.94. The number of nitrogens with zero attached hydrogens (tertiary/aromatic N) is 2. The van der Waals surface area contributed by atoms with E-state index >= 15 is 0 Å². The van der Waals surface area contributed by atoms with E-state index < -0.39 is 0 Å². The monoisotopic (exact) mass is 327 g/mol. The highest BCUT2D eigenvalue weighted by Crippen LogP contribution is 2.28. The molecule has 1 unspecified atom stereocenters. The molecule has 23 heavy (non-hydrogen) atoms. The van der Waals surface area contributed by atoms with E-state index in [0.29, 0.717) is 5.92 Å². The first-order valence-corrected chi connectivity index (χ1v) is 8.94. The Morgan fingerprint density at radius 2 is 1.96 bits per heavy atom. The van der Waals surface area contributed by atoms with Gasteiger partial charge in [0.2, 0.25) is 0 Å². The van der Waals surface area contributed by atoms with Gasteiger partial charge in [-0.15, -0.1) is 0 Å². The van der Waals surface area contributed by atoms with Crippen LogP contribution in [0.4, 0.5) is 0 Å². The molecular formula is C17H33N3O3. The van der Waals surface area contributed by atoms with Crippen LogP contribution in [0.1, 0.15) is 25.7 Å². The van der Waals surface area contributed by atoms with Crippen LogP contribution in [0.5, 0.6) is 0 Å². The standard InChI is InChI=1S/C17H33N3O3/c1-18-17(20(2)8-11-23-12-15-4-5-15)19-7-3-9-21-13-16-6-10-22-14-16/h15-16H,3-14H2,1-2H3,(H,18,19). The maximum atomic E-state index is 5.71. The van der Waals surface area contributed by atoms with Crippen LogP contribution in [0.3, 0.4) is 0 Å². The SMILES string of the molecule is CN=C(NCCCOCC1CCOC1)N(C)CCOCC1CC1. The second-order valence-electron chi connectivity index (χ2n) is 6.57. The lowest BCUT2D eigenvalue weighted by atomic mass is 10.1. The van der Waals surface area contributed by atoms with Gasteiger partial charge in [0.15, 0.2) is 5.96 Å². The minimum Gasteiger partial charge on any atom is -0.381 e. The van der Waals surface area contributed by atoms with Crippen molar-refractivity contribution in [2.45, 2.75) is 25.7 Å². The molecule has 0 aromatic rings. The van der Waals surface area contributed by atoms with Crippen molar-refractivity contribution < 1.29 is 14.2 Å². The Hall–Kier alpha value is -0.850. The molecule has 0 spiro atoms. The summed E-state index contributed by atoms with van der Waals surface area (Å²) in [6.07, 6.45) is 4.81. The van der Waals surface area contributed by atoms with E-state index in [0.717, 1.165) is 77.4 Å². The summed E-state index contributed by atoms with van der Waals surface area (Å²) in [4.78, 5) is 6.43. The number of hydrogen-bond acceptors (Lipinski definition) is 4. The van der Waals surface area contributed by atoms with E-state index in [1.165, 1.54) is 12.8 Å². The maximum Gasteiger partial charge on any atom is 0.193 e. The molecule has 0 bridgehead atoms. The highest BCUT2D eigenvalue weighted by Gasteiger charge is 2.21. The number of ether oxygens (including phenoxy) is 3. The van der Waals surface area contributed by atoms with Crippen LogP contribution >= 0.6 is 0 Å². The average Bonchev–Trinajstić information content (AvgIpc) is 3.24. The number of likely N-dealkylation sites (N-methyl/N-ethyl adjacent to an activating group) is 1. The summed E-state index contributed by atoms with van der Waals surface area (Å²) >= 11 is 0. The summed E-state index contributed by atoms with van der Waals surface area (Å²) in [5.41, 5.74) is 0. The molecule has 0 aromatic heterocycles. The Morgan fingerprint density at radius 1 is 1.17 bits per heavy atom. The fraction of sp³-hybridized carbons (Fsp3) is 0.941. The summed E-state index contributed by atoms with van der Waals surface area (Å²) in [6.45, 7) is 6.79. The van der Waals surface area contributed by atoms with Gasteiger partial charge >= 0.3 is 0 Å². The third-order valence-electron chi connectivity index (χ3n) is 4.32. The highest BCUT2D eigenvalue weighted by molar-refractivity contribution is 5.79. The van der Waals surface area contributed by atoms with Crippen molar-refractivity contribution >= 4 is 5.96 Å². The van der Waals surface area contributed by atoms with Crippen LogP contribution in [0, 0.1) is 11.8 Å². The Balaban J connectivity index is 1.44. The van der Waals surface area contributed by atoms with Crippen molar-refractivity contribution in [3.8, 4) is 0 Å². The number of hydrogen-bond donors (Lipinski definition) is 1. The molecule has 1 atom stereocenters. The molecule has 2 aliphatic rings. The van der Waals surface area contributed by atoms with Gasteiger partial charge in [-0.25, -0.2) is 0 Å². The molecule has 0 aromatic carbocycles. The normalized spacial score (nSPS) is 21.7. The second kappa shape index (κ2) is 10.8. The van der Waals surface area contributed by atoms with Crippen LogP contribution in [0.15, 0.2) is 4.99 Å². The van der Waals surface area contributed by atoms with E-state index in [4.69, 9.17) is 14.2 Å². The van der Waals surface area contributed by atoms with E-state index in [2.05, 4.69) is 15.2 Å². The molecule has 1 aliphatic heterocycles. The smallest absolute Gasteiger partial charge is 0.193 e. The molecule has 1 saturated carbocycles. The quantitative estimate of drug-likeness (QED) is 0.353. The van der Waals surface area contributed by atoms with Crippen molar-refractivity contribution in [1.82, 2.24) is 10.2 Å². The van der Waals surface area contributed by atoms with Gasteiger partial charge in [0.25, 0.3) is 0 Å². The van der Waals surface area contributed by atoms with Crippen LogP contribution in [0.25, 0.3) is 0 Å². The summed E-state index contributed by atoms with van der Waals surface area (Å²) in [6, 6.07) is 0. The molecule has 1 heterocycles. The molecule has 6 heteroatoms. The number of rotatable bonds is 11. The third-order valence-corrected chi connectivity index (χ3v) is 4.32. The molecule has 2 rings (SSSR count). The molecule has 1 saturated heterocycles. The van der Waals surface area contributed by atoms with E-state index in [1.54, 1.807) is 0 Å². The van der Waals surface area contributed by atoms with Crippen LogP contribution in [-0.4, -0.2) is 77.7 Å². The summed E-state index contributed by atoms with van der Waals surface area (Å²) in [5, 5.41) is 3.38. The van der Waals surface area contributed by atoms with Gasteiger partial charge in [-0.3, -0.25) is 4.99 Å². The van der Waals surface area contributed by atoms with Crippen LogP contribution in [-0.2, 0) is 14.2 Å². The molecule has 0 amide bonds. The van der Waals surface area contributed by atoms with E-state index in [1.807, 2.05) is 14.1 Å². The molecule has 134 valence electrons. The zero-order valence-electron chi connectivity index (χ0n) is 14.8. The predicted octanol–water partition coefficient (Wildman–Crippen LogP) is 1.36. The van der Waals surface area contributed by atoms with Crippen molar-refractivity contribution in [1.29, 1.82) is 0 Å². The number of nitrogens with one attached hydrogen (secondary N) is 1. The van der Waals surface area contributed by atoms with E-state index in [-0.39, 0.29) is 0 Å². The fourth-order valence-electron chi connectivity index (χ4n) is 2.57. The molecule has 0 radical (unpaired) electrons.